The zero-order valence-electron chi connectivity index (χ0n) is 16.9. The van der Waals surface area contributed by atoms with Gasteiger partial charge in [0, 0.05) is 48.5 Å². The lowest BCUT2D eigenvalue weighted by atomic mass is 9.79. The summed E-state index contributed by atoms with van der Waals surface area (Å²) in [5.74, 6) is 0.631. The molecular weight excluding hydrogens is 386 g/mol. The van der Waals surface area contributed by atoms with Crippen molar-refractivity contribution in [3.63, 3.8) is 0 Å². The number of likely N-dealkylation sites (N-methyl/N-ethyl adjacent to an activating group) is 1. The van der Waals surface area contributed by atoms with Crippen LogP contribution in [0.15, 0.2) is 18.3 Å². The van der Waals surface area contributed by atoms with Crippen LogP contribution in [-0.4, -0.2) is 78.5 Å². The van der Waals surface area contributed by atoms with E-state index in [1.165, 1.54) is 12.8 Å². The zero-order valence-corrected chi connectivity index (χ0v) is 17.7. The Labute approximate surface area is 174 Å². The second-order valence-electron chi connectivity index (χ2n) is 8.54. The molecule has 0 saturated carbocycles. The Kier molecular flexibility index (Phi) is 4.70. The first-order valence-electron chi connectivity index (χ1n) is 10.4. The minimum atomic E-state index is -0.0813. The zero-order chi connectivity index (χ0) is 20.1. The van der Waals surface area contributed by atoms with E-state index in [-0.39, 0.29) is 17.9 Å². The summed E-state index contributed by atoms with van der Waals surface area (Å²) in [5.41, 5.74) is 0.476. The van der Waals surface area contributed by atoms with Crippen LogP contribution in [0.25, 0.3) is 10.1 Å². The van der Waals surface area contributed by atoms with Gasteiger partial charge in [-0.2, -0.15) is 0 Å². The van der Waals surface area contributed by atoms with E-state index in [0.717, 1.165) is 41.3 Å². The Morgan fingerprint density at radius 1 is 1.21 bits per heavy atom. The number of carbonyl (C=O) groups is 2. The van der Waals surface area contributed by atoms with Gasteiger partial charge < -0.3 is 15.1 Å². The maximum Gasteiger partial charge on any atom is 0.270 e. The molecular formula is C21H27N5O2S. The van der Waals surface area contributed by atoms with Crippen LogP contribution in [0.5, 0.6) is 0 Å². The van der Waals surface area contributed by atoms with Gasteiger partial charge in [-0.3, -0.25) is 19.5 Å². The number of rotatable bonds is 3. The van der Waals surface area contributed by atoms with Gasteiger partial charge in [-0.1, -0.05) is 0 Å². The minimum absolute atomic E-state index is 0.0813. The number of hydrogen-bond acceptors (Lipinski definition) is 6. The van der Waals surface area contributed by atoms with Gasteiger partial charge in [0.1, 0.15) is 5.69 Å². The third kappa shape index (κ3) is 3.38. The predicted molar refractivity (Wildman–Crippen MR) is 114 cm³/mol. The number of nitrogens with zero attached hydrogens (tertiary/aromatic N) is 4. The van der Waals surface area contributed by atoms with Crippen molar-refractivity contribution < 1.29 is 9.59 Å². The van der Waals surface area contributed by atoms with Crippen LogP contribution >= 0.6 is 11.3 Å². The van der Waals surface area contributed by atoms with E-state index in [2.05, 4.69) is 33.1 Å². The third-order valence-corrected chi connectivity index (χ3v) is 8.02. The lowest BCUT2D eigenvalue weighted by Gasteiger charge is -2.49. The van der Waals surface area contributed by atoms with Crippen molar-refractivity contribution in [2.24, 2.45) is 5.92 Å². The molecule has 7 nitrogen and oxygen atoms in total. The molecule has 4 fully saturated rings. The lowest BCUT2D eigenvalue weighted by Crippen LogP contribution is -2.62. The molecule has 0 unspecified atom stereocenters. The maximum atomic E-state index is 12.9. The fourth-order valence-corrected chi connectivity index (χ4v) is 6.01. The number of thiophene rings is 1. The standard InChI is InChI=1S/C21H27N5O2S/c1-13-20(14-3-5-25(13)6-4-14)23-21(28)16-10-17-15(11-22-16)9-19(29-17)26-8-7-24(2)18(27)12-26/h9-11,13-14,20H,3-8,12H2,1-2H3,(H,23,28)/t13-,20-/m0/s1. The molecule has 4 aliphatic rings. The molecule has 6 rings (SSSR count). The topological polar surface area (TPSA) is 68.8 Å². The molecule has 6 heterocycles. The molecule has 8 heteroatoms. The van der Waals surface area contributed by atoms with Crippen molar-refractivity contribution in [1.82, 2.24) is 20.1 Å². The molecule has 2 bridgehead atoms. The van der Waals surface area contributed by atoms with Gasteiger partial charge in [0.05, 0.1) is 11.5 Å². The summed E-state index contributed by atoms with van der Waals surface area (Å²) >= 11 is 1.62. The summed E-state index contributed by atoms with van der Waals surface area (Å²) in [7, 11) is 1.84. The first-order chi connectivity index (χ1) is 14.0. The molecule has 154 valence electrons. The van der Waals surface area contributed by atoms with Gasteiger partial charge in [-0.25, -0.2) is 0 Å². The Morgan fingerprint density at radius 3 is 2.72 bits per heavy atom. The normalized spacial score (nSPS) is 29.5. The van der Waals surface area contributed by atoms with E-state index in [1.54, 1.807) is 22.4 Å². The number of piperidine rings is 3. The molecule has 2 aromatic heterocycles. The van der Waals surface area contributed by atoms with Gasteiger partial charge in [-0.05, 0) is 50.9 Å². The molecule has 0 spiro atoms. The Bertz CT molecular complexity index is 950. The summed E-state index contributed by atoms with van der Waals surface area (Å²) in [6.07, 6.45) is 4.11. The van der Waals surface area contributed by atoms with Crippen molar-refractivity contribution in [2.45, 2.75) is 31.8 Å². The summed E-state index contributed by atoms with van der Waals surface area (Å²) in [6, 6.07) is 4.56. The van der Waals surface area contributed by atoms with E-state index in [4.69, 9.17) is 0 Å². The maximum absolute atomic E-state index is 12.9. The fourth-order valence-electron chi connectivity index (χ4n) is 4.92. The smallest absolute Gasteiger partial charge is 0.270 e. The fraction of sp³-hybridized carbons (Fsp3) is 0.571. The van der Waals surface area contributed by atoms with Gasteiger partial charge in [0.2, 0.25) is 5.91 Å². The van der Waals surface area contributed by atoms with Crippen LogP contribution in [0.1, 0.15) is 30.3 Å². The predicted octanol–water partition coefficient (Wildman–Crippen LogP) is 1.79. The Morgan fingerprint density at radius 2 is 2.00 bits per heavy atom. The molecule has 2 amide bonds. The van der Waals surface area contributed by atoms with E-state index >= 15 is 0 Å². The molecule has 4 aliphatic heterocycles. The molecule has 0 aromatic carbocycles. The highest BCUT2D eigenvalue weighted by Gasteiger charge is 2.40. The third-order valence-electron chi connectivity index (χ3n) is 6.87. The number of anilines is 1. The molecule has 29 heavy (non-hydrogen) atoms. The largest absolute Gasteiger partial charge is 0.352 e. The number of nitrogens with one attached hydrogen (secondary N) is 1. The first-order valence-corrected chi connectivity index (χ1v) is 11.2. The number of amides is 2. The number of pyridine rings is 1. The quantitative estimate of drug-likeness (QED) is 0.831. The van der Waals surface area contributed by atoms with Crippen molar-refractivity contribution >= 4 is 38.2 Å². The van der Waals surface area contributed by atoms with Crippen molar-refractivity contribution in [2.75, 3.05) is 44.7 Å². The Hall–Kier alpha value is -2.19. The van der Waals surface area contributed by atoms with E-state index in [0.29, 0.717) is 24.2 Å². The van der Waals surface area contributed by atoms with Crippen LogP contribution in [0, 0.1) is 5.92 Å². The van der Waals surface area contributed by atoms with Gasteiger partial charge in [0.25, 0.3) is 5.91 Å². The van der Waals surface area contributed by atoms with Crippen molar-refractivity contribution in [3.8, 4) is 0 Å². The molecule has 2 aromatic rings. The highest BCUT2D eigenvalue weighted by atomic mass is 32.1. The Balaban J connectivity index is 1.33. The number of piperazine rings is 1. The second-order valence-corrected chi connectivity index (χ2v) is 9.60. The first kappa shape index (κ1) is 18.8. The lowest BCUT2D eigenvalue weighted by molar-refractivity contribution is -0.129. The van der Waals surface area contributed by atoms with Crippen molar-refractivity contribution in [3.05, 3.63) is 24.0 Å². The molecule has 2 atom stereocenters. The average molecular weight is 414 g/mol. The van der Waals surface area contributed by atoms with Gasteiger partial charge >= 0.3 is 0 Å². The molecule has 0 aliphatic carbocycles. The molecule has 4 saturated heterocycles. The number of hydrogen-bond donors (Lipinski definition) is 1. The summed E-state index contributed by atoms with van der Waals surface area (Å²) < 4.78 is 1.04. The van der Waals surface area contributed by atoms with Crippen LogP contribution in [0.3, 0.4) is 0 Å². The minimum Gasteiger partial charge on any atom is -0.352 e. The van der Waals surface area contributed by atoms with E-state index < -0.39 is 0 Å². The summed E-state index contributed by atoms with van der Waals surface area (Å²) in [6.45, 7) is 6.48. The van der Waals surface area contributed by atoms with Gasteiger partial charge in [-0.15, -0.1) is 11.3 Å². The SMILES string of the molecule is C[C@H]1[C@H](NC(=O)c2cc3sc(N4CCN(C)C(=O)C4)cc3cn2)C2CCN1CC2. The van der Waals surface area contributed by atoms with Crippen LogP contribution in [-0.2, 0) is 4.79 Å². The van der Waals surface area contributed by atoms with Crippen molar-refractivity contribution in [1.29, 1.82) is 0 Å². The van der Waals surface area contributed by atoms with Crippen LogP contribution in [0.2, 0.25) is 0 Å². The van der Waals surface area contributed by atoms with E-state index in [1.807, 2.05) is 13.1 Å². The second kappa shape index (κ2) is 7.25. The highest BCUT2D eigenvalue weighted by Crippen LogP contribution is 2.34. The van der Waals surface area contributed by atoms with E-state index in [9.17, 15) is 9.59 Å². The monoisotopic (exact) mass is 413 g/mol. The van der Waals surface area contributed by atoms with Crippen LogP contribution in [0.4, 0.5) is 5.00 Å². The molecule has 1 N–H and O–H groups in total. The highest BCUT2D eigenvalue weighted by molar-refractivity contribution is 7.22. The van der Waals surface area contributed by atoms with Gasteiger partial charge in [0.15, 0.2) is 0 Å². The number of aromatic nitrogens is 1. The average Bonchev–Trinajstić information content (AvgIpc) is 3.16. The summed E-state index contributed by atoms with van der Waals surface area (Å²) in [5, 5.41) is 5.34. The molecule has 0 radical (unpaired) electrons. The van der Waals surface area contributed by atoms with Crippen LogP contribution < -0.4 is 10.2 Å². The number of fused-ring (bicyclic) bond motifs is 4. The number of carbonyl (C=O) groups excluding carboxylic acids is 2. The summed E-state index contributed by atoms with van der Waals surface area (Å²) in [4.78, 5) is 35.7.